The van der Waals surface area contributed by atoms with E-state index in [-0.39, 0.29) is 11.7 Å². The molecule has 0 aromatic heterocycles. The second kappa shape index (κ2) is 9.73. The third-order valence-electron chi connectivity index (χ3n) is 5.52. The van der Waals surface area contributed by atoms with Gasteiger partial charge >= 0.3 is 0 Å². The molecule has 0 fully saturated rings. The molecule has 2 heteroatoms. The summed E-state index contributed by atoms with van der Waals surface area (Å²) in [5, 5.41) is 0. The van der Waals surface area contributed by atoms with Gasteiger partial charge in [-0.3, -0.25) is 0 Å². The first-order valence-electron chi connectivity index (χ1n) is 10.3. The van der Waals surface area contributed by atoms with Crippen molar-refractivity contribution in [2.45, 2.75) is 64.7 Å². The summed E-state index contributed by atoms with van der Waals surface area (Å²) in [6, 6.07) is 12.3. The van der Waals surface area contributed by atoms with Crippen LogP contribution in [0.2, 0.25) is 0 Å². The number of benzene rings is 2. The zero-order valence-corrected chi connectivity index (χ0v) is 16.6. The van der Waals surface area contributed by atoms with Crippen molar-refractivity contribution in [2.75, 3.05) is 6.61 Å². The van der Waals surface area contributed by atoms with E-state index >= 15 is 0 Å². The molecular formula is C25H31FO. The van der Waals surface area contributed by atoms with E-state index in [1.54, 1.807) is 6.07 Å². The first-order valence-corrected chi connectivity index (χ1v) is 10.3. The van der Waals surface area contributed by atoms with Gasteiger partial charge in [0.05, 0.1) is 6.61 Å². The van der Waals surface area contributed by atoms with Crippen molar-refractivity contribution in [3.05, 3.63) is 76.6 Å². The molecule has 3 rings (SSSR count). The molecule has 1 nitrogen and oxygen atoms in total. The Labute approximate surface area is 163 Å². The van der Waals surface area contributed by atoms with Gasteiger partial charge in [-0.2, -0.15) is 0 Å². The van der Waals surface area contributed by atoms with Gasteiger partial charge in [0, 0.05) is 0 Å². The summed E-state index contributed by atoms with van der Waals surface area (Å²) in [6.07, 6.45) is 11.2. The number of hydrogen-bond acceptors (Lipinski definition) is 1. The van der Waals surface area contributed by atoms with Crippen LogP contribution in [0.15, 0.2) is 48.6 Å². The molecule has 0 bridgehead atoms. The Balaban J connectivity index is 1.66. The van der Waals surface area contributed by atoms with Gasteiger partial charge in [-0.05, 0) is 91.8 Å². The molecule has 1 aliphatic rings. The molecule has 1 aliphatic carbocycles. The number of rotatable bonds is 8. The van der Waals surface area contributed by atoms with Crippen molar-refractivity contribution in [3.8, 4) is 5.75 Å². The van der Waals surface area contributed by atoms with E-state index < -0.39 is 0 Å². The molecule has 0 spiro atoms. The lowest BCUT2D eigenvalue weighted by Gasteiger charge is -2.26. The number of hydrogen-bond donors (Lipinski definition) is 0. The van der Waals surface area contributed by atoms with Crippen molar-refractivity contribution in [2.24, 2.45) is 0 Å². The molecular weight excluding hydrogens is 335 g/mol. The molecule has 0 radical (unpaired) electrons. The van der Waals surface area contributed by atoms with Crippen LogP contribution in [0.5, 0.6) is 5.75 Å². The van der Waals surface area contributed by atoms with E-state index in [0.29, 0.717) is 6.61 Å². The van der Waals surface area contributed by atoms with E-state index in [9.17, 15) is 4.39 Å². The predicted molar refractivity (Wildman–Crippen MR) is 111 cm³/mol. The minimum Gasteiger partial charge on any atom is -0.493 e. The van der Waals surface area contributed by atoms with Gasteiger partial charge in [-0.15, -0.1) is 0 Å². The van der Waals surface area contributed by atoms with Crippen LogP contribution in [0.1, 0.15) is 67.7 Å². The molecule has 1 unspecified atom stereocenters. The van der Waals surface area contributed by atoms with Gasteiger partial charge in [0.1, 0.15) is 11.6 Å². The van der Waals surface area contributed by atoms with Crippen molar-refractivity contribution >= 4 is 0 Å². The molecule has 2 aromatic rings. The number of halogens is 1. The molecule has 27 heavy (non-hydrogen) atoms. The van der Waals surface area contributed by atoms with Gasteiger partial charge in [0.15, 0.2) is 0 Å². The van der Waals surface area contributed by atoms with Crippen LogP contribution in [0, 0.1) is 5.82 Å². The van der Waals surface area contributed by atoms with Crippen molar-refractivity contribution < 1.29 is 9.13 Å². The molecule has 2 aromatic carbocycles. The first-order chi connectivity index (χ1) is 13.2. The number of ether oxygens (including phenoxy) is 1. The van der Waals surface area contributed by atoms with Crippen LogP contribution in [0.4, 0.5) is 4.39 Å². The number of allylic oxidation sites excluding steroid dienone is 1. The Bertz CT molecular complexity index is 778. The summed E-state index contributed by atoms with van der Waals surface area (Å²) in [5.74, 6) is 1.20. The van der Waals surface area contributed by atoms with E-state index in [4.69, 9.17) is 4.74 Å². The van der Waals surface area contributed by atoms with Crippen molar-refractivity contribution in [3.63, 3.8) is 0 Å². The Morgan fingerprint density at radius 1 is 1.15 bits per heavy atom. The highest BCUT2D eigenvalue weighted by Gasteiger charge is 2.23. The molecule has 144 valence electrons. The Kier molecular flexibility index (Phi) is 7.09. The quantitative estimate of drug-likeness (QED) is 0.369. The first kappa shape index (κ1) is 19.7. The van der Waals surface area contributed by atoms with Crippen LogP contribution in [-0.4, -0.2) is 6.61 Å². The molecule has 0 heterocycles. The van der Waals surface area contributed by atoms with Crippen LogP contribution in [-0.2, 0) is 19.3 Å². The summed E-state index contributed by atoms with van der Waals surface area (Å²) in [6.45, 7) is 4.90. The van der Waals surface area contributed by atoms with Gasteiger partial charge in [0.2, 0.25) is 0 Å². The average Bonchev–Trinajstić information content (AvgIpc) is 2.69. The highest BCUT2D eigenvalue weighted by molar-refractivity contribution is 5.40. The summed E-state index contributed by atoms with van der Waals surface area (Å²) >= 11 is 0. The average molecular weight is 367 g/mol. The molecule has 1 atom stereocenters. The fraction of sp³-hybridized carbons (Fsp3) is 0.440. The van der Waals surface area contributed by atoms with Crippen molar-refractivity contribution in [1.29, 1.82) is 0 Å². The second-order valence-electron chi connectivity index (χ2n) is 7.54. The zero-order chi connectivity index (χ0) is 19.1. The fourth-order valence-corrected chi connectivity index (χ4v) is 3.94. The third-order valence-corrected chi connectivity index (χ3v) is 5.52. The van der Waals surface area contributed by atoms with Crippen molar-refractivity contribution in [1.82, 2.24) is 0 Å². The molecule has 0 aliphatic heterocycles. The Hall–Kier alpha value is -2.09. The van der Waals surface area contributed by atoms with Gasteiger partial charge < -0.3 is 4.74 Å². The standard InChI is InChI=1S/C25H31FO/c1-3-5-7-15-27-23-13-12-20-17-22(11-10-21(20)18-23)24-14-9-19(8-6-4-2)16-25(24)26/h3,5,9,12-14,16,18,22H,4,6-8,10-11,15,17H2,1-2H3. The molecule has 0 amide bonds. The lowest BCUT2D eigenvalue weighted by molar-refractivity contribution is 0.324. The second-order valence-corrected chi connectivity index (χ2v) is 7.54. The lowest BCUT2D eigenvalue weighted by Crippen LogP contribution is -2.14. The van der Waals surface area contributed by atoms with E-state index in [1.807, 2.05) is 19.1 Å². The topological polar surface area (TPSA) is 9.23 Å². The lowest BCUT2D eigenvalue weighted by atomic mass is 9.79. The smallest absolute Gasteiger partial charge is 0.126 e. The van der Waals surface area contributed by atoms with Crippen LogP contribution in [0.25, 0.3) is 0 Å². The minimum atomic E-state index is -0.0269. The highest BCUT2D eigenvalue weighted by atomic mass is 19.1. The summed E-state index contributed by atoms with van der Waals surface area (Å²) < 4.78 is 20.5. The number of fused-ring (bicyclic) bond motifs is 1. The Morgan fingerprint density at radius 3 is 2.81 bits per heavy atom. The Morgan fingerprint density at radius 2 is 2.04 bits per heavy atom. The van der Waals surface area contributed by atoms with E-state index in [2.05, 4.69) is 37.3 Å². The monoisotopic (exact) mass is 366 g/mol. The van der Waals surface area contributed by atoms with Gasteiger partial charge in [0.25, 0.3) is 0 Å². The van der Waals surface area contributed by atoms with Crippen LogP contribution >= 0.6 is 0 Å². The van der Waals surface area contributed by atoms with Gasteiger partial charge in [-0.25, -0.2) is 4.39 Å². The number of unbranched alkanes of at least 4 members (excludes halogenated alkanes) is 1. The van der Waals surface area contributed by atoms with Crippen LogP contribution in [0.3, 0.4) is 0 Å². The maximum absolute atomic E-state index is 14.7. The summed E-state index contributed by atoms with van der Waals surface area (Å²) in [4.78, 5) is 0. The SMILES string of the molecule is CC=CCCOc1ccc2c(c1)CCC(c1ccc(CCCC)cc1F)C2. The third kappa shape index (κ3) is 5.22. The molecule has 0 saturated heterocycles. The normalized spacial score (nSPS) is 16.5. The minimum absolute atomic E-state index is 0.0269. The maximum atomic E-state index is 14.7. The predicted octanol–water partition coefficient (Wildman–Crippen LogP) is 6.79. The van der Waals surface area contributed by atoms with E-state index in [1.165, 1.54) is 11.1 Å². The molecule has 0 N–H and O–H groups in total. The summed E-state index contributed by atoms with van der Waals surface area (Å²) in [5.41, 5.74) is 4.69. The highest BCUT2D eigenvalue weighted by Crippen LogP contribution is 2.35. The van der Waals surface area contributed by atoms with E-state index in [0.717, 1.165) is 61.8 Å². The molecule has 0 saturated carbocycles. The van der Waals surface area contributed by atoms with Crippen LogP contribution < -0.4 is 4.74 Å². The van der Waals surface area contributed by atoms with Gasteiger partial charge in [-0.1, -0.05) is 43.7 Å². The largest absolute Gasteiger partial charge is 0.493 e. The summed E-state index contributed by atoms with van der Waals surface area (Å²) in [7, 11) is 0. The maximum Gasteiger partial charge on any atom is 0.126 e. The number of aryl methyl sites for hydroxylation is 2. The fourth-order valence-electron chi connectivity index (χ4n) is 3.94. The zero-order valence-electron chi connectivity index (χ0n) is 16.6.